The van der Waals surface area contributed by atoms with Crippen LogP contribution in [0, 0.1) is 12.8 Å². The van der Waals surface area contributed by atoms with Gasteiger partial charge in [-0.1, -0.05) is 25.6 Å². The lowest BCUT2D eigenvalue weighted by Gasteiger charge is -2.13. The summed E-state index contributed by atoms with van der Waals surface area (Å²) in [5, 5.41) is 0.201. The predicted octanol–water partition coefficient (Wildman–Crippen LogP) is 3.43. The van der Waals surface area contributed by atoms with E-state index in [1.54, 1.807) is 14.2 Å². The topological polar surface area (TPSA) is 35.5 Å². The second kappa shape index (κ2) is 6.69. The van der Waals surface area contributed by atoms with Crippen molar-refractivity contribution in [3.63, 3.8) is 0 Å². The molecule has 0 aliphatic heterocycles. The minimum absolute atomic E-state index is 0.0551. The fourth-order valence-electron chi connectivity index (χ4n) is 1.55. The zero-order chi connectivity index (χ0) is 13.7. The van der Waals surface area contributed by atoms with Crippen LogP contribution in [-0.2, 0) is 10.5 Å². The van der Waals surface area contributed by atoms with E-state index in [2.05, 4.69) is 0 Å². The fraction of sp³-hybridized carbons (Fsp3) is 0.500. The zero-order valence-electron chi connectivity index (χ0n) is 11.6. The molecular weight excluding hydrogens is 248 g/mol. The molecule has 0 atom stereocenters. The standard InChI is InChI=1S/C14H20O3S/c1-9(2)14(15)18-8-12-10(3)6-11(16-4)7-13(12)17-5/h6-7,9H,8H2,1-5H3. The van der Waals surface area contributed by atoms with Crippen LogP contribution in [0.25, 0.3) is 0 Å². The Kier molecular flexibility index (Phi) is 5.54. The normalized spacial score (nSPS) is 10.6. The summed E-state index contributed by atoms with van der Waals surface area (Å²) >= 11 is 1.34. The Morgan fingerprint density at radius 1 is 1.28 bits per heavy atom. The first kappa shape index (κ1) is 14.9. The number of methoxy groups -OCH3 is 2. The van der Waals surface area contributed by atoms with Gasteiger partial charge in [0, 0.05) is 23.3 Å². The fourth-order valence-corrected chi connectivity index (χ4v) is 2.54. The second-order valence-electron chi connectivity index (χ2n) is 4.39. The molecule has 0 saturated carbocycles. The first-order valence-corrected chi connectivity index (χ1v) is 6.86. The van der Waals surface area contributed by atoms with Crippen molar-refractivity contribution >= 4 is 16.9 Å². The van der Waals surface area contributed by atoms with Crippen molar-refractivity contribution in [1.82, 2.24) is 0 Å². The van der Waals surface area contributed by atoms with E-state index in [-0.39, 0.29) is 11.0 Å². The van der Waals surface area contributed by atoms with Crippen LogP contribution in [0.5, 0.6) is 11.5 Å². The van der Waals surface area contributed by atoms with Crippen LogP contribution >= 0.6 is 11.8 Å². The van der Waals surface area contributed by atoms with E-state index in [9.17, 15) is 4.79 Å². The van der Waals surface area contributed by atoms with Crippen molar-refractivity contribution in [3.05, 3.63) is 23.3 Å². The highest BCUT2D eigenvalue weighted by molar-refractivity contribution is 8.13. The van der Waals surface area contributed by atoms with Crippen LogP contribution in [0.15, 0.2) is 12.1 Å². The van der Waals surface area contributed by atoms with Gasteiger partial charge in [0.25, 0.3) is 0 Å². The van der Waals surface area contributed by atoms with E-state index in [0.717, 1.165) is 22.6 Å². The molecule has 18 heavy (non-hydrogen) atoms. The van der Waals surface area contributed by atoms with Crippen LogP contribution in [0.2, 0.25) is 0 Å². The van der Waals surface area contributed by atoms with Gasteiger partial charge in [-0.25, -0.2) is 0 Å². The van der Waals surface area contributed by atoms with Crippen LogP contribution in [0.3, 0.4) is 0 Å². The lowest BCUT2D eigenvalue weighted by molar-refractivity contribution is -0.113. The van der Waals surface area contributed by atoms with Crippen molar-refractivity contribution in [2.45, 2.75) is 26.5 Å². The van der Waals surface area contributed by atoms with E-state index in [0.29, 0.717) is 5.75 Å². The summed E-state index contributed by atoms with van der Waals surface area (Å²) in [7, 11) is 3.26. The Morgan fingerprint density at radius 2 is 1.94 bits per heavy atom. The highest BCUT2D eigenvalue weighted by Crippen LogP contribution is 2.32. The molecule has 100 valence electrons. The molecule has 4 heteroatoms. The van der Waals surface area contributed by atoms with Gasteiger partial charge >= 0.3 is 0 Å². The van der Waals surface area contributed by atoms with Gasteiger partial charge < -0.3 is 9.47 Å². The van der Waals surface area contributed by atoms with Gasteiger partial charge in [0.05, 0.1) is 14.2 Å². The Balaban J connectivity index is 2.91. The maximum atomic E-state index is 11.6. The number of aryl methyl sites for hydroxylation is 1. The van der Waals surface area contributed by atoms with Gasteiger partial charge in [-0.05, 0) is 18.6 Å². The molecule has 0 spiro atoms. The van der Waals surface area contributed by atoms with E-state index in [1.165, 1.54) is 11.8 Å². The third-order valence-corrected chi connectivity index (χ3v) is 3.88. The van der Waals surface area contributed by atoms with E-state index in [1.807, 2.05) is 32.9 Å². The molecular formula is C14H20O3S. The molecule has 0 amide bonds. The average molecular weight is 268 g/mol. The van der Waals surface area contributed by atoms with Gasteiger partial charge in [0.2, 0.25) is 0 Å². The van der Waals surface area contributed by atoms with E-state index < -0.39 is 0 Å². The first-order valence-electron chi connectivity index (χ1n) is 5.87. The van der Waals surface area contributed by atoms with Crippen LogP contribution in [0.4, 0.5) is 0 Å². The molecule has 1 aromatic rings. The third kappa shape index (κ3) is 3.67. The molecule has 0 heterocycles. The first-order chi connectivity index (χ1) is 8.49. The maximum absolute atomic E-state index is 11.6. The molecule has 0 aliphatic carbocycles. The summed E-state index contributed by atoms with van der Waals surface area (Å²) in [6.07, 6.45) is 0. The number of carbonyl (C=O) groups is 1. The number of hydrogen-bond acceptors (Lipinski definition) is 4. The molecule has 1 rings (SSSR count). The highest BCUT2D eigenvalue weighted by atomic mass is 32.2. The number of carbonyl (C=O) groups excluding carboxylic acids is 1. The maximum Gasteiger partial charge on any atom is 0.191 e. The van der Waals surface area contributed by atoms with Crippen LogP contribution in [-0.4, -0.2) is 19.3 Å². The third-order valence-electron chi connectivity index (χ3n) is 2.69. The molecule has 0 fully saturated rings. The summed E-state index contributed by atoms with van der Waals surface area (Å²) < 4.78 is 10.6. The zero-order valence-corrected chi connectivity index (χ0v) is 12.4. The number of hydrogen-bond donors (Lipinski definition) is 0. The van der Waals surface area contributed by atoms with Crippen molar-refractivity contribution in [1.29, 1.82) is 0 Å². The van der Waals surface area contributed by atoms with Crippen LogP contribution in [0.1, 0.15) is 25.0 Å². The van der Waals surface area contributed by atoms with Crippen molar-refractivity contribution in [2.24, 2.45) is 5.92 Å². The van der Waals surface area contributed by atoms with E-state index in [4.69, 9.17) is 9.47 Å². The van der Waals surface area contributed by atoms with Crippen molar-refractivity contribution < 1.29 is 14.3 Å². The minimum atomic E-state index is 0.0551. The Labute approximate surface area is 113 Å². The monoisotopic (exact) mass is 268 g/mol. The SMILES string of the molecule is COc1cc(C)c(CSC(=O)C(C)C)c(OC)c1. The quantitative estimate of drug-likeness (QED) is 0.819. The van der Waals surface area contributed by atoms with Crippen molar-refractivity contribution in [2.75, 3.05) is 14.2 Å². The van der Waals surface area contributed by atoms with Crippen molar-refractivity contribution in [3.8, 4) is 11.5 Å². The van der Waals surface area contributed by atoms with Gasteiger partial charge in [0.15, 0.2) is 5.12 Å². The van der Waals surface area contributed by atoms with Crippen LogP contribution < -0.4 is 9.47 Å². The number of benzene rings is 1. The summed E-state index contributed by atoms with van der Waals surface area (Å²) in [5.41, 5.74) is 2.13. The summed E-state index contributed by atoms with van der Waals surface area (Å²) in [6.45, 7) is 5.82. The molecule has 0 aliphatic rings. The highest BCUT2D eigenvalue weighted by Gasteiger charge is 2.13. The Morgan fingerprint density at radius 3 is 2.44 bits per heavy atom. The van der Waals surface area contributed by atoms with Gasteiger partial charge in [-0.2, -0.15) is 0 Å². The van der Waals surface area contributed by atoms with Gasteiger partial charge in [-0.3, -0.25) is 4.79 Å². The molecule has 0 N–H and O–H groups in total. The summed E-state index contributed by atoms with van der Waals surface area (Å²) in [5.74, 6) is 2.24. The smallest absolute Gasteiger partial charge is 0.191 e. The second-order valence-corrected chi connectivity index (χ2v) is 5.37. The molecule has 1 aromatic carbocycles. The molecule has 3 nitrogen and oxygen atoms in total. The Bertz CT molecular complexity index is 427. The lowest BCUT2D eigenvalue weighted by atomic mass is 10.1. The largest absolute Gasteiger partial charge is 0.497 e. The lowest BCUT2D eigenvalue weighted by Crippen LogP contribution is -2.03. The summed E-state index contributed by atoms with van der Waals surface area (Å²) in [4.78, 5) is 11.6. The Hall–Kier alpha value is -1.16. The molecule has 0 saturated heterocycles. The molecule has 0 unspecified atom stereocenters. The number of rotatable bonds is 5. The van der Waals surface area contributed by atoms with Gasteiger partial charge in [-0.15, -0.1) is 0 Å². The molecule has 0 radical (unpaired) electrons. The summed E-state index contributed by atoms with van der Waals surface area (Å²) in [6, 6.07) is 3.81. The minimum Gasteiger partial charge on any atom is -0.497 e. The van der Waals surface area contributed by atoms with E-state index >= 15 is 0 Å². The average Bonchev–Trinajstić information content (AvgIpc) is 2.35. The molecule has 0 aromatic heterocycles. The van der Waals surface area contributed by atoms with Gasteiger partial charge in [0.1, 0.15) is 11.5 Å². The number of ether oxygens (including phenoxy) is 2. The predicted molar refractivity (Wildman–Crippen MR) is 75.4 cm³/mol. The number of thioether (sulfide) groups is 1. The molecule has 0 bridgehead atoms.